The van der Waals surface area contributed by atoms with Crippen LogP contribution >= 0.6 is 15.9 Å². The molecular weight excluding hydrogens is 210 g/mol. The van der Waals surface area contributed by atoms with Crippen LogP contribution in [0, 0.1) is 12.3 Å². The van der Waals surface area contributed by atoms with Crippen molar-refractivity contribution in [2.75, 3.05) is 20.2 Å². The van der Waals surface area contributed by atoms with E-state index in [1.807, 2.05) is 0 Å². The Bertz CT molecular complexity index is 164. The number of esters is 1. The summed E-state index contributed by atoms with van der Waals surface area (Å²) < 4.78 is 4.47. The first-order chi connectivity index (χ1) is 5.22. The third-order valence-corrected chi connectivity index (χ3v) is 1.71. The van der Waals surface area contributed by atoms with Gasteiger partial charge in [0.05, 0.1) is 13.7 Å². The minimum atomic E-state index is -0.319. The van der Waals surface area contributed by atoms with Crippen molar-refractivity contribution < 1.29 is 9.53 Å². The zero-order valence-electron chi connectivity index (χ0n) is 6.26. The van der Waals surface area contributed by atoms with Crippen molar-refractivity contribution in [1.82, 2.24) is 5.32 Å². The van der Waals surface area contributed by atoms with Crippen LogP contribution in [0.25, 0.3) is 0 Å². The lowest BCUT2D eigenvalue weighted by atomic mass is 10.4. The van der Waals surface area contributed by atoms with Gasteiger partial charge in [0.2, 0.25) is 0 Å². The molecule has 3 nitrogen and oxygen atoms in total. The number of alkyl halides is 1. The number of rotatable bonds is 4. The largest absolute Gasteiger partial charge is 0.468 e. The molecule has 0 radical (unpaired) electrons. The number of carbonyl (C=O) groups is 1. The fraction of sp³-hybridized carbons (Fsp3) is 0.571. The van der Waals surface area contributed by atoms with Gasteiger partial charge in [0.25, 0.3) is 0 Å². The van der Waals surface area contributed by atoms with E-state index in [9.17, 15) is 4.79 Å². The summed E-state index contributed by atoms with van der Waals surface area (Å²) in [5.74, 6) is 2.10. The van der Waals surface area contributed by atoms with Gasteiger partial charge in [-0.25, -0.2) is 0 Å². The highest BCUT2D eigenvalue weighted by Crippen LogP contribution is 1.98. The molecule has 1 N–H and O–H groups in total. The summed E-state index contributed by atoms with van der Waals surface area (Å²) in [6.45, 7) is 0.940. The summed E-state index contributed by atoms with van der Waals surface area (Å²) in [7, 11) is 1.35. The maximum absolute atomic E-state index is 10.7. The molecule has 1 unspecified atom stereocenters. The molecule has 0 rings (SSSR count). The summed E-state index contributed by atoms with van der Waals surface area (Å²) in [5.41, 5.74) is 0. The van der Waals surface area contributed by atoms with E-state index in [1.54, 1.807) is 0 Å². The first-order valence-electron chi connectivity index (χ1n) is 3.08. The summed E-state index contributed by atoms with van der Waals surface area (Å²) in [4.78, 5) is 10.4. The van der Waals surface area contributed by atoms with Crippen molar-refractivity contribution >= 4 is 21.9 Å². The van der Waals surface area contributed by atoms with Crippen molar-refractivity contribution in [2.45, 2.75) is 4.83 Å². The molecular formula is C7H10BrNO2. The Kier molecular flexibility index (Phi) is 5.90. The SMILES string of the molecule is C#CCNCC(Br)C(=O)OC. The van der Waals surface area contributed by atoms with Crippen LogP contribution in [0.15, 0.2) is 0 Å². The van der Waals surface area contributed by atoms with Crippen molar-refractivity contribution in [3.8, 4) is 12.3 Å². The molecule has 0 fully saturated rings. The topological polar surface area (TPSA) is 38.3 Å². The van der Waals surface area contributed by atoms with Gasteiger partial charge < -0.3 is 10.1 Å². The van der Waals surface area contributed by atoms with Gasteiger partial charge in [0.1, 0.15) is 4.83 Å². The number of hydrogen-bond acceptors (Lipinski definition) is 3. The van der Waals surface area contributed by atoms with Crippen LogP contribution in [0.1, 0.15) is 0 Å². The zero-order chi connectivity index (χ0) is 8.69. The number of hydrogen-bond donors (Lipinski definition) is 1. The second-order valence-corrected chi connectivity index (χ2v) is 2.93. The Morgan fingerprint density at radius 2 is 2.55 bits per heavy atom. The van der Waals surface area contributed by atoms with Crippen molar-refractivity contribution in [2.24, 2.45) is 0 Å². The summed E-state index contributed by atoms with van der Waals surface area (Å²) in [6, 6.07) is 0. The summed E-state index contributed by atoms with van der Waals surface area (Å²) >= 11 is 3.13. The van der Waals surface area contributed by atoms with Gasteiger partial charge in [-0.15, -0.1) is 6.42 Å². The molecule has 0 spiro atoms. The highest BCUT2D eigenvalue weighted by Gasteiger charge is 2.13. The molecule has 0 aliphatic heterocycles. The Labute approximate surface area is 74.6 Å². The third kappa shape index (κ3) is 4.82. The van der Waals surface area contributed by atoms with Crippen LogP contribution in [-0.2, 0) is 9.53 Å². The van der Waals surface area contributed by atoms with Crippen molar-refractivity contribution in [3.05, 3.63) is 0 Å². The van der Waals surface area contributed by atoms with E-state index in [1.165, 1.54) is 7.11 Å². The van der Waals surface area contributed by atoms with Crippen LogP contribution in [0.5, 0.6) is 0 Å². The number of ether oxygens (including phenoxy) is 1. The molecule has 0 amide bonds. The molecule has 0 aliphatic carbocycles. The molecule has 62 valence electrons. The number of nitrogens with one attached hydrogen (secondary N) is 1. The van der Waals surface area contributed by atoms with E-state index in [4.69, 9.17) is 6.42 Å². The lowest BCUT2D eigenvalue weighted by Crippen LogP contribution is -2.29. The molecule has 0 bridgehead atoms. The molecule has 0 saturated heterocycles. The van der Waals surface area contributed by atoms with Gasteiger partial charge in [0.15, 0.2) is 0 Å². The molecule has 0 aromatic heterocycles. The maximum atomic E-state index is 10.7. The second-order valence-electron chi connectivity index (χ2n) is 1.83. The normalized spacial score (nSPS) is 11.7. The van der Waals surface area contributed by atoms with Gasteiger partial charge in [-0.1, -0.05) is 21.9 Å². The number of carbonyl (C=O) groups excluding carboxylic acids is 1. The average Bonchev–Trinajstić information content (AvgIpc) is 2.03. The minimum absolute atomic E-state index is 0.297. The van der Waals surface area contributed by atoms with E-state index < -0.39 is 0 Å². The quantitative estimate of drug-likeness (QED) is 0.317. The standard InChI is InChI=1S/C7H10BrNO2/c1-3-4-9-5-6(8)7(10)11-2/h1,6,9H,4-5H2,2H3. The Hall–Kier alpha value is -0.530. The number of halogens is 1. The molecule has 11 heavy (non-hydrogen) atoms. The average molecular weight is 220 g/mol. The van der Waals surface area contributed by atoms with Gasteiger partial charge in [-0.3, -0.25) is 4.79 Å². The van der Waals surface area contributed by atoms with E-state index in [0.717, 1.165) is 0 Å². The number of terminal acetylenes is 1. The molecule has 0 saturated carbocycles. The molecule has 1 atom stereocenters. The Morgan fingerprint density at radius 1 is 1.91 bits per heavy atom. The third-order valence-electron chi connectivity index (χ3n) is 1.01. The van der Waals surface area contributed by atoms with Gasteiger partial charge in [-0.05, 0) is 0 Å². The van der Waals surface area contributed by atoms with Crippen LogP contribution in [-0.4, -0.2) is 31.0 Å². The van der Waals surface area contributed by atoms with Crippen molar-refractivity contribution in [1.29, 1.82) is 0 Å². The van der Waals surface area contributed by atoms with E-state index >= 15 is 0 Å². The monoisotopic (exact) mass is 219 g/mol. The summed E-state index contributed by atoms with van der Waals surface area (Å²) in [6.07, 6.45) is 4.98. The molecule has 4 heteroatoms. The Morgan fingerprint density at radius 3 is 3.00 bits per heavy atom. The summed E-state index contributed by atoms with van der Waals surface area (Å²) in [5, 5.41) is 2.87. The highest BCUT2D eigenvalue weighted by molar-refractivity contribution is 9.10. The van der Waals surface area contributed by atoms with E-state index in [2.05, 4.69) is 31.9 Å². The molecule has 0 aromatic carbocycles. The van der Waals surface area contributed by atoms with Crippen LogP contribution in [0.4, 0.5) is 0 Å². The van der Waals surface area contributed by atoms with Gasteiger partial charge >= 0.3 is 5.97 Å². The second kappa shape index (κ2) is 6.20. The lowest BCUT2D eigenvalue weighted by Gasteiger charge is -2.06. The molecule has 0 heterocycles. The fourth-order valence-corrected chi connectivity index (χ4v) is 0.898. The molecule has 0 aromatic rings. The predicted molar refractivity (Wildman–Crippen MR) is 46.4 cm³/mol. The maximum Gasteiger partial charge on any atom is 0.320 e. The molecule has 0 aliphatic rings. The predicted octanol–water partition coefficient (Wildman–Crippen LogP) is 0.146. The fourth-order valence-electron chi connectivity index (χ4n) is 0.482. The first kappa shape index (κ1) is 10.5. The van der Waals surface area contributed by atoms with E-state index in [0.29, 0.717) is 13.1 Å². The first-order valence-corrected chi connectivity index (χ1v) is 4.00. The van der Waals surface area contributed by atoms with Crippen LogP contribution in [0.2, 0.25) is 0 Å². The van der Waals surface area contributed by atoms with Crippen LogP contribution < -0.4 is 5.32 Å². The van der Waals surface area contributed by atoms with Gasteiger partial charge in [0, 0.05) is 6.54 Å². The Balaban J connectivity index is 3.45. The zero-order valence-corrected chi connectivity index (χ0v) is 7.85. The number of methoxy groups -OCH3 is 1. The smallest absolute Gasteiger partial charge is 0.320 e. The lowest BCUT2D eigenvalue weighted by molar-refractivity contribution is -0.139. The van der Waals surface area contributed by atoms with Crippen LogP contribution in [0.3, 0.4) is 0 Å². The van der Waals surface area contributed by atoms with Crippen molar-refractivity contribution in [3.63, 3.8) is 0 Å². The highest BCUT2D eigenvalue weighted by atomic mass is 79.9. The van der Waals surface area contributed by atoms with E-state index in [-0.39, 0.29) is 10.8 Å². The van der Waals surface area contributed by atoms with Gasteiger partial charge in [-0.2, -0.15) is 0 Å². The minimum Gasteiger partial charge on any atom is -0.468 e.